The first-order valence-electron chi connectivity index (χ1n) is 10.7. The van der Waals surface area contributed by atoms with Crippen LogP contribution in [0.2, 0.25) is 0 Å². The molecule has 0 aliphatic carbocycles. The smallest absolute Gasteiger partial charge is 0.447 e. The summed E-state index contributed by atoms with van der Waals surface area (Å²) in [5.41, 5.74) is 0. The van der Waals surface area contributed by atoms with E-state index in [4.69, 9.17) is 19.7 Å². The second kappa shape index (κ2) is 21.3. The molecule has 0 fully saturated rings. The van der Waals surface area contributed by atoms with Gasteiger partial charge >= 0.3 is 24.6 Å². The first-order valence-corrected chi connectivity index (χ1v) is 10.7. The van der Waals surface area contributed by atoms with E-state index in [0.29, 0.717) is 11.8 Å². The van der Waals surface area contributed by atoms with E-state index in [1.807, 2.05) is 13.8 Å². The van der Waals surface area contributed by atoms with Crippen LogP contribution in [0.5, 0.6) is 0 Å². The van der Waals surface area contributed by atoms with Crippen LogP contribution in [-0.4, -0.2) is 48.0 Å². The Morgan fingerprint density at radius 1 is 0.625 bits per heavy atom. The van der Waals surface area contributed by atoms with Crippen molar-refractivity contribution in [3.8, 4) is 0 Å². The van der Waals surface area contributed by atoms with Gasteiger partial charge in [0.05, 0.1) is 13.2 Å². The molecule has 2 atom stereocenters. The quantitative estimate of drug-likeness (QED) is 0.197. The molecule has 2 N–H and O–H groups in total. The highest BCUT2D eigenvalue weighted by molar-refractivity contribution is 5.63. The molecule has 0 radical (unpaired) electrons. The van der Waals surface area contributed by atoms with Crippen LogP contribution in [0.3, 0.4) is 0 Å². The van der Waals surface area contributed by atoms with Gasteiger partial charge in [-0.05, 0) is 24.7 Å². The second-order valence-corrected chi connectivity index (χ2v) is 6.82. The van der Waals surface area contributed by atoms with Crippen molar-refractivity contribution in [2.45, 2.75) is 79.1 Å². The van der Waals surface area contributed by atoms with Gasteiger partial charge in [0.1, 0.15) is 0 Å². The van der Waals surface area contributed by atoms with Crippen molar-refractivity contribution in [2.75, 3.05) is 13.2 Å². The number of carbonyl (C=O) groups is 4. The minimum absolute atomic E-state index is 0.267. The van der Waals surface area contributed by atoms with Gasteiger partial charge in [-0.25, -0.2) is 19.4 Å². The molecule has 0 saturated carbocycles. The lowest BCUT2D eigenvalue weighted by Gasteiger charge is -2.14. The molecule has 0 saturated heterocycles. The SMILES string of the molecule is CCCCC(CC)COC(=O)OOC(=O)OCC(CC)CCCC.O=C(O)OOC(=O)O. The number of carbonyl (C=O) groups excluding carboxylic acids is 2. The molecular weight excluding hydrogens is 432 g/mol. The van der Waals surface area contributed by atoms with Crippen molar-refractivity contribution in [1.82, 2.24) is 0 Å². The molecule has 0 aromatic carbocycles. The number of hydrogen-bond donors (Lipinski definition) is 2. The average Bonchev–Trinajstić information content (AvgIpc) is 2.77. The van der Waals surface area contributed by atoms with E-state index in [1.54, 1.807) is 0 Å². The van der Waals surface area contributed by atoms with Gasteiger partial charge in [0.15, 0.2) is 0 Å². The summed E-state index contributed by atoms with van der Waals surface area (Å²) in [6, 6.07) is 0. The Kier molecular flexibility index (Phi) is 20.8. The number of ether oxygens (including phenoxy) is 2. The summed E-state index contributed by atoms with van der Waals surface area (Å²) in [6.07, 6.45) is 2.61. The van der Waals surface area contributed by atoms with Crippen LogP contribution in [-0.2, 0) is 29.0 Å². The topological polar surface area (TPSA) is 164 Å². The van der Waals surface area contributed by atoms with Crippen molar-refractivity contribution in [1.29, 1.82) is 0 Å². The van der Waals surface area contributed by atoms with Crippen molar-refractivity contribution >= 4 is 24.6 Å². The third-order valence-corrected chi connectivity index (χ3v) is 4.32. The summed E-state index contributed by atoms with van der Waals surface area (Å²) < 4.78 is 9.90. The number of rotatable bonds is 12. The number of hydrogen-bond acceptors (Lipinski definition) is 10. The molecule has 0 rings (SSSR count). The van der Waals surface area contributed by atoms with E-state index >= 15 is 0 Å². The molecule has 0 spiro atoms. The summed E-state index contributed by atoms with van der Waals surface area (Å²) >= 11 is 0. The molecule has 0 heterocycles. The number of carboxylic acid groups (broad SMARTS) is 2. The third-order valence-electron chi connectivity index (χ3n) is 4.32. The summed E-state index contributed by atoms with van der Waals surface area (Å²) in [4.78, 5) is 56.3. The molecule has 0 aliphatic heterocycles. The van der Waals surface area contributed by atoms with E-state index < -0.39 is 24.6 Å². The maximum absolute atomic E-state index is 11.4. The van der Waals surface area contributed by atoms with E-state index in [1.165, 1.54) is 0 Å². The monoisotopic (exact) mass is 468 g/mol. The predicted octanol–water partition coefficient (Wildman–Crippen LogP) is 5.93. The van der Waals surface area contributed by atoms with Crippen LogP contribution in [0.15, 0.2) is 0 Å². The van der Waals surface area contributed by atoms with Crippen molar-refractivity contribution < 1.29 is 58.4 Å². The minimum Gasteiger partial charge on any atom is -0.447 e. The van der Waals surface area contributed by atoms with E-state index in [2.05, 4.69) is 33.4 Å². The van der Waals surface area contributed by atoms with Crippen LogP contribution < -0.4 is 0 Å². The van der Waals surface area contributed by atoms with Gasteiger partial charge in [0.2, 0.25) is 0 Å². The maximum Gasteiger partial charge on any atom is 0.550 e. The van der Waals surface area contributed by atoms with Gasteiger partial charge in [0, 0.05) is 0 Å². The lowest BCUT2D eigenvalue weighted by atomic mass is 10.0. The Morgan fingerprint density at radius 3 is 1.22 bits per heavy atom. The van der Waals surface area contributed by atoms with Crippen molar-refractivity contribution in [3.63, 3.8) is 0 Å². The van der Waals surface area contributed by atoms with Crippen LogP contribution in [0.4, 0.5) is 19.2 Å². The number of unbranched alkanes of at least 4 members (excludes halogenated alkanes) is 2. The molecule has 12 nitrogen and oxygen atoms in total. The zero-order valence-electron chi connectivity index (χ0n) is 19.2. The van der Waals surface area contributed by atoms with E-state index in [-0.39, 0.29) is 13.2 Å². The molecule has 188 valence electrons. The minimum atomic E-state index is -1.80. The van der Waals surface area contributed by atoms with E-state index in [9.17, 15) is 19.2 Å². The highest BCUT2D eigenvalue weighted by Crippen LogP contribution is 2.14. The predicted molar refractivity (Wildman–Crippen MR) is 110 cm³/mol. The van der Waals surface area contributed by atoms with E-state index in [0.717, 1.165) is 51.4 Å². The van der Waals surface area contributed by atoms with Gasteiger partial charge in [-0.1, -0.05) is 66.2 Å². The standard InChI is InChI=1S/C18H34O6.C2H2O6/c1-5-9-11-15(7-3)13-21-17(19)23-24-18(20)22-14-16(8-4)12-10-6-2;3-1(4)7-8-2(5)6/h15-16H,5-14H2,1-4H3;(H,3,4)(H,5,6). The molecule has 0 aromatic rings. The molecule has 2 unspecified atom stereocenters. The fourth-order valence-corrected chi connectivity index (χ4v) is 2.36. The summed E-state index contributed by atoms with van der Waals surface area (Å²) in [7, 11) is 0. The molecule has 0 amide bonds. The lowest BCUT2D eigenvalue weighted by molar-refractivity contribution is -0.219. The Labute approximate surface area is 187 Å². The summed E-state index contributed by atoms with van der Waals surface area (Å²) in [5, 5.41) is 15.1. The van der Waals surface area contributed by atoms with Gasteiger partial charge in [0.25, 0.3) is 0 Å². The third kappa shape index (κ3) is 21.8. The van der Waals surface area contributed by atoms with Crippen molar-refractivity contribution in [3.05, 3.63) is 0 Å². The Morgan fingerprint density at radius 2 is 0.969 bits per heavy atom. The normalized spacial score (nSPS) is 11.6. The van der Waals surface area contributed by atoms with Crippen LogP contribution in [0.25, 0.3) is 0 Å². The molecule has 12 heteroatoms. The van der Waals surface area contributed by atoms with Crippen molar-refractivity contribution in [2.24, 2.45) is 11.8 Å². The fraction of sp³-hybridized carbons (Fsp3) is 0.800. The van der Waals surface area contributed by atoms with Crippen LogP contribution >= 0.6 is 0 Å². The van der Waals surface area contributed by atoms with Gasteiger partial charge in [-0.15, -0.1) is 0 Å². The van der Waals surface area contributed by atoms with Gasteiger partial charge < -0.3 is 19.7 Å². The fourth-order valence-electron chi connectivity index (χ4n) is 2.36. The maximum atomic E-state index is 11.4. The Balaban J connectivity index is 0. The van der Waals surface area contributed by atoms with Crippen LogP contribution in [0, 0.1) is 11.8 Å². The molecule has 0 bridgehead atoms. The van der Waals surface area contributed by atoms with Gasteiger partial charge in [-0.2, -0.15) is 19.4 Å². The van der Waals surface area contributed by atoms with Crippen LogP contribution in [0.1, 0.15) is 79.1 Å². The summed E-state index contributed by atoms with van der Waals surface area (Å²) in [6.45, 7) is 8.86. The molecular formula is C20H36O12. The summed E-state index contributed by atoms with van der Waals surface area (Å²) in [5.74, 6) is 0.599. The molecule has 32 heavy (non-hydrogen) atoms. The largest absolute Gasteiger partial charge is 0.550 e. The Bertz CT molecular complexity index is 477. The van der Waals surface area contributed by atoms with Gasteiger partial charge in [-0.3, -0.25) is 0 Å². The lowest BCUT2D eigenvalue weighted by Crippen LogP contribution is -2.19. The molecule has 0 aliphatic rings. The Hall–Kier alpha value is -2.92. The second-order valence-electron chi connectivity index (χ2n) is 6.82. The molecule has 0 aromatic heterocycles. The zero-order valence-corrected chi connectivity index (χ0v) is 19.2. The zero-order chi connectivity index (χ0) is 24.8. The highest BCUT2D eigenvalue weighted by Gasteiger charge is 2.16. The first-order chi connectivity index (χ1) is 15.2. The highest BCUT2D eigenvalue weighted by atomic mass is 17.3. The first kappa shape index (κ1) is 31.3. The average molecular weight is 468 g/mol.